The zero-order valence-corrected chi connectivity index (χ0v) is 15.3. The van der Waals surface area contributed by atoms with Crippen LogP contribution in [-0.4, -0.2) is 37.9 Å². The zero-order valence-electron chi connectivity index (χ0n) is 13.7. The molecule has 1 aromatic heterocycles. The van der Waals surface area contributed by atoms with Crippen molar-refractivity contribution in [3.05, 3.63) is 40.4 Å². The summed E-state index contributed by atoms with van der Waals surface area (Å²) in [7, 11) is 0. The topological polar surface area (TPSA) is 92.3 Å². The summed E-state index contributed by atoms with van der Waals surface area (Å²) in [6.45, 7) is 4.19. The molecular formula is C16H16N4O3S2. The third-order valence-electron chi connectivity index (χ3n) is 3.53. The molecule has 1 aromatic carbocycles. The van der Waals surface area contributed by atoms with Crippen LogP contribution in [0.3, 0.4) is 0 Å². The van der Waals surface area contributed by atoms with Crippen LogP contribution in [0.4, 0.5) is 9.93 Å². The molecule has 1 N–H and O–H groups in total. The van der Waals surface area contributed by atoms with Gasteiger partial charge in [0, 0.05) is 11.5 Å². The summed E-state index contributed by atoms with van der Waals surface area (Å²) in [5.74, 6) is -0.0876. The number of aromatic nitrogens is 2. The number of imide groups is 1. The molecule has 0 aliphatic carbocycles. The molecule has 130 valence electrons. The predicted molar refractivity (Wildman–Crippen MR) is 96.8 cm³/mol. The molecule has 1 saturated heterocycles. The Balaban J connectivity index is 1.70. The van der Waals surface area contributed by atoms with Gasteiger partial charge in [-0.3, -0.25) is 24.6 Å². The van der Waals surface area contributed by atoms with Gasteiger partial charge >= 0.3 is 0 Å². The molecule has 0 saturated carbocycles. The highest BCUT2D eigenvalue weighted by Gasteiger charge is 2.29. The molecule has 9 heteroatoms. The number of carbonyl (C=O) groups excluding carboxylic acids is 3. The minimum Gasteiger partial charge on any atom is -0.296 e. The summed E-state index contributed by atoms with van der Waals surface area (Å²) in [5.41, 5.74) is 1.16. The Morgan fingerprint density at radius 2 is 2.12 bits per heavy atom. The number of thioether (sulfide) groups is 1. The van der Waals surface area contributed by atoms with E-state index >= 15 is 0 Å². The Labute approximate surface area is 152 Å². The molecule has 7 nitrogen and oxygen atoms in total. The van der Waals surface area contributed by atoms with Crippen LogP contribution in [-0.2, 0) is 11.3 Å². The number of nitrogens with zero attached hydrogens (tertiary/aromatic N) is 3. The van der Waals surface area contributed by atoms with Crippen LogP contribution in [0, 0.1) is 0 Å². The van der Waals surface area contributed by atoms with E-state index in [2.05, 4.69) is 15.5 Å². The van der Waals surface area contributed by atoms with Crippen LogP contribution in [0.15, 0.2) is 24.3 Å². The summed E-state index contributed by atoms with van der Waals surface area (Å²) < 4.78 is 0. The summed E-state index contributed by atoms with van der Waals surface area (Å²) in [6.07, 6.45) is 0. The number of amides is 3. The smallest absolute Gasteiger partial charge is 0.289 e. The summed E-state index contributed by atoms with van der Waals surface area (Å²) in [4.78, 5) is 37.0. The molecule has 2 aromatic rings. The molecular weight excluding hydrogens is 360 g/mol. The van der Waals surface area contributed by atoms with Gasteiger partial charge in [0.25, 0.3) is 11.1 Å². The van der Waals surface area contributed by atoms with Gasteiger partial charge in [-0.15, -0.1) is 10.2 Å². The van der Waals surface area contributed by atoms with Crippen molar-refractivity contribution in [3.63, 3.8) is 0 Å². The first-order valence-corrected chi connectivity index (χ1v) is 9.45. The minimum atomic E-state index is -0.304. The minimum absolute atomic E-state index is 0.169. The SMILES string of the molecule is CC(C)c1nnc(NC(=O)c2cccc(CN3C(=O)CSC3=O)c2)s1. The van der Waals surface area contributed by atoms with E-state index in [-0.39, 0.29) is 35.3 Å². The molecule has 0 radical (unpaired) electrons. The van der Waals surface area contributed by atoms with Crippen molar-refractivity contribution in [2.45, 2.75) is 26.3 Å². The van der Waals surface area contributed by atoms with Gasteiger partial charge in [-0.1, -0.05) is 49.1 Å². The van der Waals surface area contributed by atoms with Gasteiger partial charge in [-0.2, -0.15) is 0 Å². The molecule has 1 aliphatic heterocycles. The molecule has 0 bridgehead atoms. The highest BCUT2D eigenvalue weighted by Crippen LogP contribution is 2.24. The number of nitrogens with one attached hydrogen (secondary N) is 1. The number of benzene rings is 1. The normalized spacial score (nSPS) is 14.4. The molecule has 3 rings (SSSR count). The lowest BCUT2D eigenvalue weighted by Crippen LogP contribution is -2.28. The van der Waals surface area contributed by atoms with Crippen molar-refractivity contribution >= 4 is 45.3 Å². The van der Waals surface area contributed by atoms with Crippen LogP contribution in [0.2, 0.25) is 0 Å². The van der Waals surface area contributed by atoms with Crippen LogP contribution in [0.5, 0.6) is 0 Å². The second kappa shape index (κ2) is 7.32. The average molecular weight is 376 g/mol. The number of carbonyl (C=O) groups is 3. The first-order valence-electron chi connectivity index (χ1n) is 7.65. The second-order valence-corrected chi connectivity index (χ2v) is 7.72. The third kappa shape index (κ3) is 4.05. The van der Waals surface area contributed by atoms with Crippen molar-refractivity contribution < 1.29 is 14.4 Å². The van der Waals surface area contributed by atoms with E-state index in [0.717, 1.165) is 22.3 Å². The lowest BCUT2D eigenvalue weighted by molar-refractivity contribution is -0.125. The number of rotatable bonds is 5. The van der Waals surface area contributed by atoms with E-state index in [1.165, 1.54) is 16.2 Å². The van der Waals surface area contributed by atoms with Crippen molar-refractivity contribution in [1.82, 2.24) is 15.1 Å². The van der Waals surface area contributed by atoms with E-state index in [0.29, 0.717) is 10.7 Å². The van der Waals surface area contributed by atoms with E-state index in [1.54, 1.807) is 24.3 Å². The van der Waals surface area contributed by atoms with E-state index in [1.807, 2.05) is 13.8 Å². The van der Waals surface area contributed by atoms with Crippen molar-refractivity contribution in [3.8, 4) is 0 Å². The predicted octanol–water partition coefficient (Wildman–Crippen LogP) is 3.11. The Hall–Kier alpha value is -2.26. The van der Waals surface area contributed by atoms with Crippen molar-refractivity contribution in [2.24, 2.45) is 0 Å². The maximum absolute atomic E-state index is 12.4. The van der Waals surface area contributed by atoms with Gasteiger partial charge in [-0.05, 0) is 17.7 Å². The van der Waals surface area contributed by atoms with Gasteiger partial charge in [0.1, 0.15) is 5.01 Å². The van der Waals surface area contributed by atoms with Crippen LogP contribution >= 0.6 is 23.1 Å². The molecule has 2 heterocycles. The summed E-state index contributed by atoms with van der Waals surface area (Å²) in [5, 5.41) is 11.8. The molecule has 3 amide bonds. The Bertz CT molecular complexity index is 818. The fraction of sp³-hybridized carbons (Fsp3) is 0.312. The van der Waals surface area contributed by atoms with Gasteiger partial charge in [0.05, 0.1) is 12.3 Å². The standard InChI is InChI=1S/C16H16N4O3S2/c1-9(2)14-18-19-15(25-14)17-13(22)11-5-3-4-10(6-11)7-20-12(21)8-24-16(20)23/h3-6,9H,7-8H2,1-2H3,(H,17,19,22). The Morgan fingerprint density at radius 1 is 1.32 bits per heavy atom. The largest absolute Gasteiger partial charge is 0.296 e. The van der Waals surface area contributed by atoms with Crippen LogP contribution < -0.4 is 5.32 Å². The molecule has 1 fully saturated rings. The fourth-order valence-corrected chi connectivity index (χ4v) is 3.68. The second-order valence-electron chi connectivity index (χ2n) is 5.79. The first-order chi connectivity index (χ1) is 11.9. The zero-order chi connectivity index (χ0) is 18.0. The summed E-state index contributed by atoms with van der Waals surface area (Å²) >= 11 is 2.33. The third-order valence-corrected chi connectivity index (χ3v) is 5.52. The van der Waals surface area contributed by atoms with Gasteiger partial charge in [0.15, 0.2) is 0 Å². The number of hydrogen-bond acceptors (Lipinski definition) is 7. The van der Waals surface area contributed by atoms with Crippen molar-refractivity contribution in [1.29, 1.82) is 0 Å². The van der Waals surface area contributed by atoms with Gasteiger partial charge in [-0.25, -0.2) is 0 Å². The maximum Gasteiger partial charge on any atom is 0.289 e. The first kappa shape index (κ1) is 17.6. The lowest BCUT2D eigenvalue weighted by Gasteiger charge is -2.13. The molecule has 25 heavy (non-hydrogen) atoms. The maximum atomic E-state index is 12.4. The van der Waals surface area contributed by atoms with Gasteiger partial charge < -0.3 is 0 Å². The highest BCUT2D eigenvalue weighted by atomic mass is 32.2. The molecule has 0 atom stereocenters. The van der Waals surface area contributed by atoms with E-state index < -0.39 is 0 Å². The fourth-order valence-electron chi connectivity index (χ4n) is 2.22. The molecule has 1 aliphatic rings. The Kier molecular flexibility index (Phi) is 5.14. The van der Waals surface area contributed by atoms with Gasteiger partial charge in [0.2, 0.25) is 11.0 Å². The Morgan fingerprint density at radius 3 is 2.76 bits per heavy atom. The van der Waals surface area contributed by atoms with E-state index in [9.17, 15) is 14.4 Å². The molecule has 0 spiro atoms. The average Bonchev–Trinajstić information content (AvgIpc) is 3.17. The monoisotopic (exact) mass is 376 g/mol. The van der Waals surface area contributed by atoms with Crippen LogP contribution in [0.1, 0.15) is 40.7 Å². The van der Waals surface area contributed by atoms with E-state index in [4.69, 9.17) is 0 Å². The quantitative estimate of drug-likeness (QED) is 0.862. The molecule has 0 unspecified atom stereocenters. The number of anilines is 1. The number of hydrogen-bond donors (Lipinski definition) is 1. The summed E-state index contributed by atoms with van der Waals surface area (Å²) in [6, 6.07) is 6.85. The lowest BCUT2D eigenvalue weighted by atomic mass is 10.1. The van der Waals surface area contributed by atoms with Crippen molar-refractivity contribution in [2.75, 3.05) is 11.1 Å². The highest BCUT2D eigenvalue weighted by molar-refractivity contribution is 8.14. The van der Waals surface area contributed by atoms with Crippen LogP contribution in [0.25, 0.3) is 0 Å².